The van der Waals surface area contributed by atoms with Crippen LogP contribution < -0.4 is 5.56 Å². The Morgan fingerprint density at radius 1 is 1.18 bits per heavy atom. The van der Waals surface area contributed by atoms with Crippen LogP contribution in [0.4, 0.5) is 0 Å². The van der Waals surface area contributed by atoms with Gasteiger partial charge in [0.15, 0.2) is 5.78 Å². The third kappa shape index (κ3) is 2.81. The Labute approximate surface area is 164 Å². The van der Waals surface area contributed by atoms with E-state index in [9.17, 15) is 9.59 Å². The molecule has 0 bridgehead atoms. The van der Waals surface area contributed by atoms with Gasteiger partial charge in [-0.2, -0.15) is 0 Å². The molecule has 6 nitrogen and oxygen atoms in total. The van der Waals surface area contributed by atoms with E-state index in [1.807, 2.05) is 6.07 Å². The first-order valence-electron chi connectivity index (χ1n) is 9.19. The Kier molecular flexibility index (Phi) is 4.02. The summed E-state index contributed by atoms with van der Waals surface area (Å²) in [5, 5.41) is 1.30. The molecule has 3 heterocycles. The second-order valence-electron chi connectivity index (χ2n) is 7.04. The highest BCUT2D eigenvalue weighted by Gasteiger charge is 2.19. The number of furan rings is 1. The van der Waals surface area contributed by atoms with Gasteiger partial charge >= 0.3 is 0 Å². The number of halogens is 1. The monoisotopic (exact) mass is 393 g/mol. The summed E-state index contributed by atoms with van der Waals surface area (Å²) in [6.45, 7) is -0.121. The molecule has 0 atom stereocenters. The van der Waals surface area contributed by atoms with Gasteiger partial charge < -0.3 is 4.42 Å². The van der Waals surface area contributed by atoms with Crippen molar-refractivity contribution in [1.82, 2.24) is 14.5 Å². The zero-order valence-corrected chi connectivity index (χ0v) is 15.7. The minimum Gasteiger partial charge on any atom is -0.430 e. The fourth-order valence-electron chi connectivity index (χ4n) is 3.71. The van der Waals surface area contributed by atoms with Gasteiger partial charge in [-0.05, 0) is 61.6 Å². The van der Waals surface area contributed by atoms with Crippen molar-refractivity contribution in [2.45, 2.75) is 32.2 Å². The van der Waals surface area contributed by atoms with Gasteiger partial charge in [-0.3, -0.25) is 14.2 Å². The summed E-state index contributed by atoms with van der Waals surface area (Å²) in [6, 6.07) is 8.60. The highest BCUT2D eigenvalue weighted by atomic mass is 35.5. The number of aromatic nitrogens is 3. The van der Waals surface area contributed by atoms with Crippen LogP contribution in [-0.2, 0) is 19.4 Å². The predicted molar refractivity (Wildman–Crippen MR) is 106 cm³/mol. The van der Waals surface area contributed by atoms with Gasteiger partial charge in [-0.25, -0.2) is 9.97 Å². The average Bonchev–Trinajstić information content (AvgIpc) is 3.07. The molecule has 1 aliphatic rings. The lowest BCUT2D eigenvalue weighted by atomic mass is 9.95. The largest absolute Gasteiger partial charge is 0.430 e. The van der Waals surface area contributed by atoms with Gasteiger partial charge in [0.1, 0.15) is 5.52 Å². The summed E-state index contributed by atoms with van der Waals surface area (Å²) in [5.74, 6) is -0.204. The van der Waals surface area contributed by atoms with Crippen molar-refractivity contribution in [2.75, 3.05) is 0 Å². The zero-order valence-electron chi connectivity index (χ0n) is 14.9. The maximum absolute atomic E-state index is 12.9. The van der Waals surface area contributed by atoms with Crippen LogP contribution in [0.15, 0.2) is 45.9 Å². The predicted octanol–water partition coefficient (Wildman–Crippen LogP) is 3.95. The third-order valence-electron chi connectivity index (χ3n) is 5.20. The number of pyridine rings is 1. The highest BCUT2D eigenvalue weighted by Crippen LogP contribution is 2.29. The number of carbonyl (C=O) groups is 1. The molecule has 4 aromatic rings. The molecule has 0 amide bonds. The molecule has 0 saturated carbocycles. The first-order chi connectivity index (χ1) is 13.6. The molecule has 1 aliphatic carbocycles. The van der Waals surface area contributed by atoms with E-state index in [1.54, 1.807) is 24.3 Å². The minimum atomic E-state index is -0.386. The average molecular weight is 394 g/mol. The van der Waals surface area contributed by atoms with Crippen molar-refractivity contribution >= 4 is 39.6 Å². The third-order valence-corrected chi connectivity index (χ3v) is 5.45. The maximum atomic E-state index is 12.9. The van der Waals surface area contributed by atoms with Crippen LogP contribution in [0.5, 0.6) is 0 Å². The van der Waals surface area contributed by atoms with E-state index >= 15 is 0 Å². The molecular formula is C21H16ClN3O3. The highest BCUT2D eigenvalue weighted by molar-refractivity contribution is 6.30. The van der Waals surface area contributed by atoms with E-state index in [4.69, 9.17) is 16.0 Å². The minimum absolute atomic E-state index is 0.121. The molecule has 0 fully saturated rings. The van der Waals surface area contributed by atoms with Crippen LogP contribution in [-0.4, -0.2) is 20.3 Å². The Hall–Kier alpha value is -2.99. The molecule has 0 unspecified atom stereocenters. The second kappa shape index (κ2) is 6.56. The van der Waals surface area contributed by atoms with Crippen LogP contribution in [0.1, 0.15) is 34.5 Å². The van der Waals surface area contributed by atoms with Crippen LogP contribution in [0, 0.1) is 0 Å². The molecule has 0 radical (unpaired) electrons. The number of hydrogen-bond acceptors (Lipinski definition) is 5. The number of Topliss-reactive ketones (excluding diaryl/α,β-unsaturated/α-hetero) is 1. The number of benzene rings is 1. The Balaban J connectivity index is 1.57. The van der Waals surface area contributed by atoms with Crippen molar-refractivity contribution in [3.63, 3.8) is 0 Å². The Morgan fingerprint density at radius 2 is 1.96 bits per heavy atom. The van der Waals surface area contributed by atoms with Crippen LogP contribution in [0.3, 0.4) is 0 Å². The quantitative estimate of drug-likeness (QED) is 0.492. The van der Waals surface area contributed by atoms with E-state index in [2.05, 4.69) is 9.97 Å². The molecule has 0 aliphatic heterocycles. The number of hydrogen-bond donors (Lipinski definition) is 0. The summed E-state index contributed by atoms with van der Waals surface area (Å²) in [7, 11) is 0. The lowest BCUT2D eigenvalue weighted by Gasteiger charge is -2.13. The molecule has 0 N–H and O–H groups in total. The van der Waals surface area contributed by atoms with Crippen molar-refractivity contribution in [3.05, 3.63) is 68.9 Å². The molecule has 1 aromatic carbocycles. The van der Waals surface area contributed by atoms with E-state index in [0.29, 0.717) is 21.8 Å². The first kappa shape index (κ1) is 17.1. The first-order valence-corrected chi connectivity index (χ1v) is 9.57. The lowest BCUT2D eigenvalue weighted by Crippen LogP contribution is -2.24. The van der Waals surface area contributed by atoms with Crippen LogP contribution in [0.25, 0.3) is 22.2 Å². The summed E-state index contributed by atoms with van der Waals surface area (Å²) in [6.07, 6.45) is 5.56. The van der Waals surface area contributed by atoms with Crippen molar-refractivity contribution in [3.8, 4) is 0 Å². The molecule has 5 rings (SSSR count). The topological polar surface area (TPSA) is 78.0 Å². The SMILES string of the molecule is O=C(Cn1cnc2c(oc3nc4c(cc32)CCCC4)c1=O)c1ccc(Cl)cc1. The van der Waals surface area contributed by atoms with Crippen LogP contribution in [0.2, 0.25) is 5.02 Å². The van der Waals surface area contributed by atoms with Crippen LogP contribution >= 0.6 is 11.6 Å². The number of rotatable bonds is 3. The second-order valence-corrected chi connectivity index (χ2v) is 7.48. The molecule has 0 saturated heterocycles. The van der Waals surface area contributed by atoms with Crippen molar-refractivity contribution < 1.29 is 9.21 Å². The zero-order chi connectivity index (χ0) is 19.3. The van der Waals surface area contributed by atoms with E-state index < -0.39 is 0 Å². The number of ketones is 1. The standard InChI is InChI=1S/C21H16ClN3O3/c22-14-7-5-12(6-8-14)17(26)10-25-11-23-18-15-9-13-3-1-2-4-16(13)24-20(15)28-19(18)21(25)27/h5-9,11H,1-4,10H2. The van der Waals surface area contributed by atoms with Gasteiger partial charge in [-0.1, -0.05) is 11.6 Å². The molecule has 140 valence electrons. The van der Waals surface area contributed by atoms with Crippen molar-refractivity contribution in [1.29, 1.82) is 0 Å². The summed E-state index contributed by atoms with van der Waals surface area (Å²) >= 11 is 5.86. The summed E-state index contributed by atoms with van der Waals surface area (Å²) in [5.41, 5.74) is 3.40. The Bertz CT molecular complexity index is 1290. The number of aryl methyl sites for hydroxylation is 2. The number of carbonyl (C=O) groups excluding carboxylic acids is 1. The smallest absolute Gasteiger partial charge is 0.297 e. The number of fused-ring (bicyclic) bond motifs is 4. The van der Waals surface area contributed by atoms with E-state index in [-0.39, 0.29) is 23.5 Å². The van der Waals surface area contributed by atoms with Gasteiger partial charge in [0, 0.05) is 16.3 Å². The van der Waals surface area contributed by atoms with Gasteiger partial charge in [-0.15, -0.1) is 0 Å². The van der Waals surface area contributed by atoms with Gasteiger partial charge in [0.2, 0.25) is 11.3 Å². The van der Waals surface area contributed by atoms with Crippen molar-refractivity contribution in [2.24, 2.45) is 0 Å². The lowest BCUT2D eigenvalue weighted by molar-refractivity contribution is 0.0970. The fourth-order valence-corrected chi connectivity index (χ4v) is 3.83. The Morgan fingerprint density at radius 3 is 2.79 bits per heavy atom. The molecule has 7 heteroatoms. The normalized spacial score (nSPS) is 13.8. The summed E-state index contributed by atoms with van der Waals surface area (Å²) < 4.78 is 7.02. The molecule has 28 heavy (non-hydrogen) atoms. The fraction of sp³-hybridized carbons (Fsp3) is 0.238. The maximum Gasteiger partial charge on any atom is 0.297 e. The molecule has 0 spiro atoms. The van der Waals surface area contributed by atoms with E-state index in [0.717, 1.165) is 36.8 Å². The molecular weight excluding hydrogens is 378 g/mol. The van der Waals surface area contributed by atoms with Gasteiger partial charge in [0.05, 0.1) is 18.3 Å². The number of nitrogens with zero attached hydrogens (tertiary/aromatic N) is 3. The summed E-state index contributed by atoms with van der Waals surface area (Å²) in [4.78, 5) is 34.4. The van der Waals surface area contributed by atoms with E-state index in [1.165, 1.54) is 16.5 Å². The van der Waals surface area contributed by atoms with Gasteiger partial charge in [0.25, 0.3) is 5.56 Å². The molecule has 3 aromatic heterocycles.